The van der Waals surface area contributed by atoms with Crippen LogP contribution in [0.5, 0.6) is 0 Å². The van der Waals surface area contributed by atoms with Gasteiger partial charge in [0.05, 0.1) is 19.3 Å². The van der Waals surface area contributed by atoms with Crippen molar-refractivity contribution in [2.24, 2.45) is 0 Å². The van der Waals surface area contributed by atoms with E-state index >= 15 is 0 Å². The number of aromatic nitrogens is 2. The third-order valence-electron chi connectivity index (χ3n) is 7.96. The van der Waals surface area contributed by atoms with E-state index in [1.165, 1.54) is 10.4 Å². The number of ether oxygens (including phenoxy) is 2. The van der Waals surface area contributed by atoms with Gasteiger partial charge in [0, 0.05) is 31.7 Å². The van der Waals surface area contributed by atoms with Crippen LogP contribution in [0.3, 0.4) is 0 Å². The number of morpholine rings is 1. The van der Waals surface area contributed by atoms with Crippen LogP contribution in [0.4, 0.5) is 16.6 Å². The number of benzene rings is 2. The first-order chi connectivity index (χ1) is 19.6. The summed E-state index contributed by atoms with van der Waals surface area (Å²) in [6.45, 7) is 13.4. The summed E-state index contributed by atoms with van der Waals surface area (Å²) in [5.41, 5.74) is 0. The molecule has 1 amide bonds. The van der Waals surface area contributed by atoms with Crippen molar-refractivity contribution in [3.05, 3.63) is 71.9 Å². The molecule has 2 saturated heterocycles. The molecule has 218 valence electrons. The van der Waals surface area contributed by atoms with Crippen molar-refractivity contribution >= 4 is 48.2 Å². The monoisotopic (exact) mass is 594 g/mol. The molecule has 2 fully saturated rings. The average molecular weight is 595 g/mol. The van der Waals surface area contributed by atoms with Crippen LogP contribution in [0.1, 0.15) is 41.0 Å². The van der Waals surface area contributed by atoms with Gasteiger partial charge in [0.25, 0.3) is 8.32 Å². The molecule has 10 heteroatoms. The first kappa shape index (κ1) is 29.5. The Morgan fingerprint density at radius 3 is 2.17 bits per heavy atom. The second-order valence-corrected chi connectivity index (χ2v) is 16.4. The molecule has 3 heterocycles. The number of anilines is 2. The van der Waals surface area contributed by atoms with Gasteiger partial charge in [-0.3, -0.25) is 4.90 Å². The molecule has 2 aliphatic rings. The number of nitrogens with zero attached hydrogens (tertiary/aromatic N) is 4. The van der Waals surface area contributed by atoms with Crippen LogP contribution in [0.2, 0.25) is 10.2 Å². The smallest absolute Gasteiger partial charge is 0.416 e. The van der Waals surface area contributed by atoms with Gasteiger partial charge in [-0.05, 0) is 29.3 Å². The van der Waals surface area contributed by atoms with Crippen LogP contribution in [0, 0.1) is 0 Å². The number of amides is 1. The summed E-state index contributed by atoms with van der Waals surface area (Å²) in [6.07, 6.45) is -0.457. The van der Waals surface area contributed by atoms with Gasteiger partial charge in [-0.1, -0.05) is 93.0 Å². The van der Waals surface area contributed by atoms with E-state index in [-0.39, 0.29) is 28.4 Å². The largest absolute Gasteiger partial charge is 0.443 e. The van der Waals surface area contributed by atoms with Crippen LogP contribution in [0.15, 0.2) is 66.7 Å². The zero-order chi connectivity index (χ0) is 29.2. The van der Waals surface area contributed by atoms with E-state index in [0.717, 1.165) is 0 Å². The summed E-state index contributed by atoms with van der Waals surface area (Å²) in [7, 11) is -2.75. The molecule has 0 aliphatic carbocycles. The van der Waals surface area contributed by atoms with Gasteiger partial charge in [-0.15, -0.1) is 0 Å². The second kappa shape index (κ2) is 12.1. The van der Waals surface area contributed by atoms with E-state index in [1.807, 2.05) is 24.0 Å². The van der Waals surface area contributed by atoms with E-state index in [0.29, 0.717) is 44.5 Å². The molecule has 5 rings (SSSR count). The minimum absolute atomic E-state index is 0.151. The van der Waals surface area contributed by atoms with Crippen LogP contribution >= 0.6 is 11.6 Å². The normalized spacial score (nSPS) is 20.7. The Hall–Kier alpha value is -2.98. The maximum atomic E-state index is 13.2. The van der Waals surface area contributed by atoms with Gasteiger partial charge in [-0.2, -0.15) is 4.98 Å². The summed E-state index contributed by atoms with van der Waals surface area (Å²) < 4.78 is 18.6. The molecular formula is C31H39ClN4O4Si. The zero-order valence-corrected chi connectivity index (χ0v) is 26.2. The van der Waals surface area contributed by atoms with Crippen molar-refractivity contribution in [3.8, 4) is 0 Å². The molecule has 8 nitrogen and oxygen atoms in total. The molecule has 3 atom stereocenters. The maximum Gasteiger partial charge on any atom is 0.416 e. The highest BCUT2D eigenvalue weighted by Gasteiger charge is 2.52. The number of hydrogen-bond acceptors (Lipinski definition) is 7. The second-order valence-electron chi connectivity index (χ2n) is 11.8. The number of carbonyl (C=O) groups is 1. The lowest BCUT2D eigenvalue weighted by Crippen LogP contribution is -2.67. The third kappa shape index (κ3) is 5.99. The fourth-order valence-electron chi connectivity index (χ4n) is 5.96. The van der Waals surface area contributed by atoms with E-state index in [1.54, 1.807) is 11.0 Å². The lowest BCUT2D eigenvalue weighted by molar-refractivity contribution is 0.0890. The highest BCUT2D eigenvalue weighted by Crippen LogP contribution is 2.39. The minimum atomic E-state index is -2.75. The lowest BCUT2D eigenvalue weighted by atomic mass is 10.1. The average Bonchev–Trinajstić information content (AvgIpc) is 3.24. The molecule has 3 aromatic rings. The Kier molecular flexibility index (Phi) is 8.70. The van der Waals surface area contributed by atoms with Crippen molar-refractivity contribution in [2.75, 3.05) is 36.1 Å². The maximum absolute atomic E-state index is 13.2. The molecule has 0 N–H and O–H groups in total. The molecule has 0 saturated carbocycles. The molecule has 2 aliphatic heterocycles. The number of rotatable bonds is 8. The predicted octanol–water partition coefficient (Wildman–Crippen LogP) is 5.04. The summed E-state index contributed by atoms with van der Waals surface area (Å²) in [6, 6.07) is 22.5. The van der Waals surface area contributed by atoms with E-state index < -0.39 is 14.4 Å². The Labute approximate surface area is 248 Å². The SMILES string of the molecule is CC1C(C[C@H](C)O[Si](c2ccccc2)(c2ccccc2)C(C)(C)C)OC(=O)N1c1cc(Cl)nc(N2CCOCC2)n1. The van der Waals surface area contributed by atoms with E-state index in [9.17, 15) is 4.79 Å². The molecule has 0 spiro atoms. The van der Waals surface area contributed by atoms with Crippen molar-refractivity contribution in [2.45, 2.75) is 64.3 Å². The van der Waals surface area contributed by atoms with Crippen LogP contribution in [0.25, 0.3) is 0 Å². The van der Waals surface area contributed by atoms with Gasteiger partial charge in [0.15, 0.2) is 0 Å². The number of cyclic esters (lactones) is 1. The molecule has 2 unspecified atom stereocenters. The van der Waals surface area contributed by atoms with Crippen molar-refractivity contribution in [1.82, 2.24) is 9.97 Å². The van der Waals surface area contributed by atoms with Crippen LogP contribution < -0.4 is 20.2 Å². The van der Waals surface area contributed by atoms with Crippen LogP contribution in [-0.2, 0) is 13.9 Å². The number of halogens is 1. The highest BCUT2D eigenvalue weighted by molar-refractivity contribution is 6.99. The summed E-state index contributed by atoms with van der Waals surface area (Å²) in [4.78, 5) is 25.9. The first-order valence-electron chi connectivity index (χ1n) is 14.3. The van der Waals surface area contributed by atoms with Gasteiger partial charge >= 0.3 is 6.09 Å². The van der Waals surface area contributed by atoms with Crippen molar-refractivity contribution in [1.29, 1.82) is 0 Å². The van der Waals surface area contributed by atoms with Gasteiger partial charge in [-0.25, -0.2) is 9.78 Å². The van der Waals surface area contributed by atoms with Gasteiger partial charge in [0.1, 0.15) is 17.1 Å². The third-order valence-corrected chi connectivity index (χ3v) is 13.3. The minimum Gasteiger partial charge on any atom is -0.443 e. The topological polar surface area (TPSA) is 77.0 Å². The lowest BCUT2D eigenvalue weighted by Gasteiger charge is -2.45. The Morgan fingerprint density at radius 2 is 1.61 bits per heavy atom. The molecular weight excluding hydrogens is 556 g/mol. The number of carbonyl (C=O) groups excluding carboxylic acids is 1. The summed E-state index contributed by atoms with van der Waals surface area (Å²) in [5.74, 6) is 0.926. The van der Waals surface area contributed by atoms with Gasteiger partial charge in [0.2, 0.25) is 5.95 Å². The fourth-order valence-corrected chi connectivity index (χ4v) is 10.8. The summed E-state index contributed by atoms with van der Waals surface area (Å²) in [5, 5.41) is 2.56. The number of hydrogen-bond donors (Lipinski definition) is 0. The fraction of sp³-hybridized carbons (Fsp3) is 0.452. The Bertz CT molecular complexity index is 1300. The van der Waals surface area contributed by atoms with Gasteiger partial charge < -0.3 is 18.8 Å². The highest BCUT2D eigenvalue weighted by atomic mass is 35.5. The quantitative estimate of drug-likeness (QED) is 0.267. The van der Waals surface area contributed by atoms with E-state index in [2.05, 4.69) is 81.2 Å². The molecule has 0 radical (unpaired) electrons. The van der Waals surface area contributed by atoms with Crippen molar-refractivity contribution < 1.29 is 18.7 Å². The Balaban J connectivity index is 1.40. The zero-order valence-electron chi connectivity index (χ0n) is 24.4. The standard InChI is InChI=1S/C31H39ClN4O4Si/c1-22(40-41(31(3,4)5,24-12-8-6-9-13-24)25-14-10-7-11-15-25)20-26-23(2)36(30(37)39-26)28-21-27(32)33-29(34-28)35-16-18-38-19-17-35/h6-15,21-23,26H,16-20H2,1-5H3/t22-,23?,26?/m0/s1. The summed E-state index contributed by atoms with van der Waals surface area (Å²) >= 11 is 6.39. The predicted molar refractivity (Wildman–Crippen MR) is 165 cm³/mol. The van der Waals surface area contributed by atoms with E-state index in [4.69, 9.17) is 30.5 Å². The molecule has 41 heavy (non-hydrogen) atoms. The Morgan fingerprint density at radius 1 is 1.02 bits per heavy atom. The van der Waals surface area contributed by atoms with Crippen molar-refractivity contribution in [3.63, 3.8) is 0 Å². The molecule has 0 bridgehead atoms. The molecule has 2 aromatic carbocycles. The molecule has 1 aromatic heterocycles. The van der Waals surface area contributed by atoms with Crippen LogP contribution in [-0.4, -0.2) is 68.9 Å². The first-order valence-corrected chi connectivity index (χ1v) is 16.5.